The molecule has 1 saturated carbocycles. The van der Waals surface area contributed by atoms with Crippen LogP contribution >= 0.6 is 0 Å². The van der Waals surface area contributed by atoms with Gasteiger partial charge >= 0.3 is 11.9 Å². The van der Waals surface area contributed by atoms with E-state index in [1.807, 2.05) is 34.6 Å². The molecule has 25 heavy (non-hydrogen) atoms. The summed E-state index contributed by atoms with van der Waals surface area (Å²) >= 11 is 0. The predicted molar refractivity (Wildman–Crippen MR) is 93.5 cm³/mol. The lowest BCUT2D eigenvalue weighted by molar-refractivity contribution is -0.158. The number of carbonyl (C=O) groups is 2. The Labute approximate surface area is 150 Å². The molecule has 0 saturated heterocycles. The summed E-state index contributed by atoms with van der Waals surface area (Å²) in [6, 6.07) is 0. The normalized spacial score (nSPS) is 23.0. The van der Waals surface area contributed by atoms with Crippen molar-refractivity contribution in [1.82, 2.24) is 0 Å². The van der Waals surface area contributed by atoms with Gasteiger partial charge in [0.25, 0.3) is 0 Å². The van der Waals surface area contributed by atoms with E-state index in [1.54, 1.807) is 26.8 Å². The molecule has 1 aliphatic carbocycles. The van der Waals surface area contributed by atoms with Crippen LogP contribution in [0.5, 0.6) is 0 Å². The van der Waals surface area contributed by atoms with Crippen LogP contribution in [0.4, 0.5) is 0 Å². The molecule has 0 aromatic heterocycles. The fourth-order valence-corrected chi connectivity index (χ4v) is 2.61. The van der Waals surface area contributed by atoms with E-state index >= 15 is 0 Å². The van der Waals surface area contributed by atoms with E-state index in [1.165, 1.54) is 7.11 Å². The second-order valence-electron chi connectivity index (χ2n) is 8.94. The fraction of sp³-hybridized carbons (Fsp3) is 0.789. The third kappa shape index (κ3) is 6.34. The zero-order chi connectivity index (χ0) is 19.6. The lowest BCUT2D eigenvalue weighted by Gasteiger charge is -2.26. The predicted octanol–water partition coefficient (Wildman–Crippen LogP) is 3.45. The number of allylic oxidation sites excluding steroid dienone is 1. The van der Waals surface area contributed by atoms with Gasteiger partial charge in [-0.15, -0.1) is 0 Å². The van der Waals surface area contributed by atoms with E-state index in [9.17, 15) is 9.59 Å². The molecule has 0 radical (unpaired) electrons. The first-order valence-electron chi connectivity index (χ1n) is 8.49. The first kappa shape index (κ1) is 21.5. The summed E-state index contributed by atoms with van der Waals surface area (Å²) in [5, 5.41) is 0. The van der Waals surface area contributed by atoms with Crippen molar-refractivity contribution in [1.29, 1.82) is 0 Å². The zero-order valence-electron chi connectivity index (χ0n) is 16.9. The molecule has 6 heteroatoms. The molecule has 0 heterocycles. The second kappa shape index (κ2) is 7.36. The highest BCUT2D eigenvalue weighted by Crippen LogP contribution is 2.60. The minimum absolute atomic E-state index is 0.0841. The van der Waals surface area contributed by atoms with Crippen LogP contribution in [-0.2, 0) is 28.5 Å². The van der Waals surface area contributed by atoms with Gasteiger partial charge in [-0.25, -0.2) is 4.79 Å². The van der Waals surface area contributed by atoms with Crippen LogP contribution < -0.4 is 0 Å². The van der Waals surface area contributed by atoms with Crippen LogP contribution in [0, 0.1) is 17.3 Å². The molecule has 144 valence electrons. The van der Waals surface area contributed by atoms with E-state index in [4.69, 9.17) is 18.9 Å². The lowest BCUT2D eigenvalue weighted by Crippen LogP contribution is -2.29. The summed E-state index contributed by atoms with van der Waals surface area (Å²) in [4.78, 5) is 24.7. The minimum atomic E-state index is -0.632. The Kier molecular flexibility index (Phi) is 6.32. The number of hydrogen-bond donors (Lipinski definition) is 0. The van der Waals surface area contributed by atoms with Crippen molar-refractivity contribution in [2.24, 2.45) is 17.3 Å². The van der Waals surface area contributed by atoms with E-state index in [0.717, 1.165) is 0 Å². The van der Waals surface area contributed by atoms with E-state index in [2.05, 4.69) is 0 Å². The number of methoxy groups -OCH3 is 1. The fourth-order valence-electron chi connectivity index (χ4n) is 2.61. The molecule has 0 N–H and O–H groups in total. The Balaban J connectivity index is 3.01. The number of carbonyl (C=O) groups excluding carboxylic acids is 2. The summed E-state index contributed by atoms with van der Waals surface area (Å²) in [7, 11) is 1.46. The number of hydrogen-bond acceptors (Lipinski definition) is 6. The van der Waals surface area contributed by atoms with Gasteiger partial charge in [0.1, 0.15) is 11.2 Å². The third-order valence-electron chi connectivity index (χ3n) is 3.83. The van der Waals surface area contributed by atoms with Gasteiger partial charge in [0.05, 0.1) is 5.92 Å². The summed E-state index contributed by atoms with van der Waals surface area (Å²) < 4.78 is 21.1. The van der Waals surface area contributed by atoms with Crippen LogP contribution in [0.25, 0.3) is 0 Å². The first-order valence-corrected chi connectivity index (χ1v) is 8.49. The average molecular weight is 356 g/mol. The van der Waals surface area contributed by atoms with Crippen LogP contribution in [0.15, 0.2) is 11.8 Å². The van der Waals surface area contributed by atoms with E-state index < -0.39 is 17.2 Å². The quantitative estimate of drug-likeness (QED) is 0.314. The molecule has 0 unspecified atom stereocenters. The Morgan fingerprint density at radius 3 is 1.96 bits per heavy atom. The molecule has 0 amide bonds. The monoisotopic (exact) mass is 356 g/mol. The van der Waals surface area contributed by atoms with Gasteiger partial charge in [-0.2, -0.15) is 0 Å². The smallest absolute Gasteiger partial charge is 0.373 e. The molecule has 1 aliphatic rings. The van der Waals surface area contributed by atoms with Gasteiger partial charge in [-0.05, 0) is 53.0 Å². The van der Waals surface area contributed by atoms with Crippen molar-refractivity contribution in [3.63, 3.8) is 0 Å². The van der Waals surface area contributed by atoms with Crippen LogP contribution in [0.3, 0.4) is 0 Å². The molecule has 0 bridgehead atoms. The highest BCUT2D eigenvalue weighted by molar-refractivity contribution is 5.87. The largest absolute Gasteiger partial charge is 0.481 e. The molecular formula is C19H32O6. The molecule has 2 atom stereocenters. The molecule has 0 spiro atoms. The number of ether oxygens (including phenoxy) is 4. The van der Waals surface area contributed by atoms with Gasteiger partial charge in [0.15, 0.2) is 6.79 Å². The second-order valence-corrected chi connectivity index (χ2v) is 8.94. The van der Waals surface area contributed by atoms with Gasteiger partial charge < -0.3 is 18.9 Å². The van der Waals surface area contributed by atoms with E-state index in [0.29, 0.717) is 0 Å². The first-order chi connectivity index (χ1) is 11.2. The summed E-state index contributed by atoms with van der Waals surface area (Å²) in [5.74, 6) is -1.26. The molecule has 0 aromatic rings. The Morgan fingerprint density at radius 1 is 1.00 bits per heavy atom. The van der Waals surface area contributed by atoms with Crippen molar-refractivity contribution >= 4 is 11.9 Å². The highest BCUT2D eigenvalue weighted by Gasteiger charge is 2.62. The Hall–Kier alpha value is -1.56. The molecule has 6 nitrogen and oxygen atoms in total. The molecule has 0 aliphatic heterocycles. The van der Waals surface area contributed by atoms with E-state index in [-0.39, 0.29) is 35.8 Å². The summed E-state index contributed by atoms with van der Waals surface area (Å²) in [5.41, 5.74) is -1.51. The molecular weight excluding hydrogens is 324 g/mol. The Morgan fingerprint density at radius 2 is 1.52 bits per heavy atom. The van der Waals surface area contributed by atoms with Crippen molar-refractivity contribution in [3.8, 4) is 0 Å². The van der Waals surface area contributed by atoms with Crippen molar-refractivity contribution < 1.29 is 28.5 Å². The minimum Gasteiger partial charge on any atom is -0.481 e. The molecule has 1 fully saturated rings. The van der Waals surface area contributed by atoms with Crippen LogP contribution in [0.1, 0.15) is 55.4 Å². The van der Waals surface area contributed by atoms with Crippen molar-refractivity contribution in [2.45, 2.75) is 66.6 Å². The maximum absolute atomic E-state index is 12.5. The molecule has 1 rings (SSSR count). The topological polar surface area (TPSA) is 71.1 Å². The highest BCUT2D eigenvalue weighted by atomic mass is 16.7. The average Bonchev–Trinajstić information content (AvgIpc) is 2.93. The SMILES string of the molecule is COCOC(=O)[C@@H]1[C@@H](C=C(OC(C)(C)C)C(=O)OC(C)(C)C)C1(C)C. The number of rotatable bonds is 6. The van der Waals surface area contributed by atoms with Crippen LogP contribution in [0.2, 0.25) is 0 Å². The maximum Gasteiger partial charge on any atom is 0.373 e. The van der Waals surface area contributed by atoms with Crippen molar-refractivity contribution in [2.75, 3.05) is 13.9 Å². The summed E-state index contributed by atoms with van der Waals surface area (Å²) in [6.45, 7) is 14.8. The summed E-state index contributed by atoms with van der Waals surface area (Å²) in [6.07, 6.45) is 1.69. The van der Waals surface area contributed by atoms with Gasteiger partial charge in [0.2, 0.25) is 5.76 Å². The third-order valence-corrected chi connectivity index (χ3v) is 3.83. The Bertz CT molecular complexity index is 533. The lowest BCUT2D eigenvalue weighted by atomic mass is 10.1. The zero-order valence-corrected chi connectivity index (χ0v) is 16.9. The van der Waals surface area contributed by atoms with Gasteiger partial charge in [-0.3, -0.25) is 4.79 Å². The number of esters is 2. The van der Waals surface area contributed by atoms with Gasteiger partial charge in [0, 0.05) is 13.0 Å². The maximum atomic E-state index is 12.5. The van der Waals surface area contributed by atoms with Gasteiger partial charge in [-0.1, -0.05) is 13.8 Å². The van der Waals surface area contributed by atoms with Crippen molar-refractivity contribution in [3.05, 3.63) is 11.8 Å². The molecule has 0 aromatic carbocycles. The standard InChI is InChI=1S/C19H32O6/c1-17(2,3)24-13(15(20)25-18(4,5)6)10-12-14(19(12,7)8)16(21)23-11-22-9/h10,12,14H,11H2,1-9H3/t12-,14+/m1/s1. The van der Waals surface area contributed by atoms with Crippen LogP contribution in [-0.4, -0.2) is 37.0 Å².